The number of benzene rings is 1. The number of carbonyl (C=O) groups excluding carboxylic acids is 1. The zero-order valence-electron chi connectivity index (χ0n) is 14.3. The molecule has 0 spiro atoms. The Kier molecular flexibility index (Phi) is 4.85. The van der Waals surface area contributed by atoms with Crippen LogP contribution in [0.25, 0.3) is 21.3 Å². The van der Waals surface area contributed by atoms with Gasteiger partial charge in [0.25, 0.3) is 0 Å². The van der Waals surface area contributed by atoms with Crippen LogP contribution in [0, 0.1) is 13.8 Å². The van der Waals surface area contributed by atoms with Crippen LogP contribution in [0.3, 0.4) is 0 Å². The predicted octanol–water partition coefficient (Wildman–Crippen LogP) is 2.72. The maximum absolute atomic E-state index is 11.5. The van der Waals surface area contributed by atoms with E-state index in [1.165, 1.54) is 11.3 Å². The van der Waals surface area contributed by atoms with Crippen molar-refractivity contribution >= 4 is 39.2 Å². The van der Waals surface area contributed by atoms with Crippen LogP contribution in [0.2, 0.25) is 0 Å². The lowest BCUT2D eigenvalue weighted by Gasteiger charge is -2.15. The van der Waals surface area contributed by atoms with Crippen molar-refractivity contribution in [2.24, 2.45) is 5.73 Å². The molecule has 0 fully saturated rings. The smallest absolute Gasteiger partial charge is 0.326 e. The van der Waals surface area contributed by atoms with Gasteiger partial charge in [-0.2, -0.15) is 0 Å². The van der Waals surface area contributed by atoms with E-state index in [0.29, 0.717) is 11.6 Å². The Morgan fingerprint density at radius 2 is 1.92 bits per heavy atom. The number of carboxylic acids is 1. The van der Waals surface area contributed by atoms with Crippen LogP contribution >= 0.6 is 11.3 Å². The van der Waals surface area contributed by atoms with Crippen LogP contribution in [-0.4, -0.2) is 33.0 Å². The van der Waals surface area contributed by atoms with E-state index in [1.54, 1.807) is 6.92 Å². The fraction of sp³-hybridized carbons (Fsp3) is 0.222. The highest BCUT2D eigenvalue weighted by Crippen LogP contribution is 2.37. The van der Waals surface area contributed by atoms with Crippen LogP contribution < -0.4 is 11.1 Å². The molecule has 0 radical (unpaired) electrons. The number of anilines is 1. The lowest BCUT2D eigenvalue weighted by atomic mass is 10.0. The average molecular weight is 370 g/mol. The summed E-state index contributed by atoms with van der Waals surface area (Å²) in [6, 6.07) is 6.86. The Balaban J connectivity index is 2.11. The van der Waals surface area contributed by atoms with Gasteiger partial charge in [-0.3, -0.25) is 4.79 Å². The lowest BCUT2D eigenvalue weighted by Crippen LogP contribution is -2.34. The van der Waals surface area contributed by atoms with Gasteiger partial charge in [-0.15, -0.1) is 11.3 Å². The molecule has 134 valence electrons. The Morgan fingerprint density at radius 3 is 2.54 bits per heavy atom. The molecule has 8 heteroatoms. The van der Waals surface area contributed by atoms with Gasteiger partial charge in [0.1, 0.15) is 22.5 Å². The standard InChI is InChI=1S/C18H18N4O3S/c1-9-3-5-11(6-4-9)12-8-26-17-15(12)16(20-10(2)21-17)22-13(18(24)25)7-14(19)23/h3-6,8,13H,7H2,1-2H3,(H2,19,23)(H,24,25)(H,20,21,22). The Labute approximate surface area is 153 Å². The van der Waals surface area contributed by atoms with Crippen molar-refractivity contribution in [3.8, 4) is 11.1 Å². The second kappa shape index (κ2) is 7.09. The molecule has 4 N–H and O–H groups in total. The second-order valence-corrected chi connectivity index (χ2v) is 6.88. The molecule has 26 heavy (non-hydrogen) atoms. The molecule has 0 saturated carbocycles. The number of hydrogen-bond donors (Lipinski definition) is 3. The molecule has 3 aromatic rings. The molecule has 3 rings (SSSR count). The third kappa shape index (κ3) is 3.65. The molecule has 0 saturated heterocycles. The van der Waals surface area contributed by atoms with Crippen molar-refractivity contribution in [3.05, 3.63) is 41.0 Å². The summed E-state index contributed by atoms with van der Waals surface area (Å²) >= 11 is 1.46. The monoisotopic (exact) mass is 370 g/mol. The number of primary amides is 1. The van der Waals surface area contributed by atoms with E-state index in [0.717, 1.165) is 26.9 Å². The van der Waals surface area contributed by atoms with Crippen molar-refractivity contribution in [1.82, 2.24) is 9.97 Å². The minimum Gasteiger partial charge on any atom is -0.480 e. The summed E-state index contributed by atoms with van der Waals surface area (Å²) in [5.41, 5.74) is 8.21. The summed E-state index contributed by atoms with van der Waals surface area (Å²) in [7, 11) is 0. The number of rotatable bonds is 6. The van der Waals surface area contributed by atoms with Crippen molar-refractivity contribution in [2.45, 2.75) is 26.3 Å². The first-order valence-corrected chi connectivity index (χ1v) is 8.83. The first kappa shape index (κ1) is 17.8. The number of amides is 1. The minimum absolute atomic E-state index is 0.329. The summed E-state index contributed by atoms with van der Waals surface area (Å²) in [4.78, 5) is 32.2. The fourth-order valence-electron chi connectivity index (χ4n) is 2.66. The number of hydrogen-bond acceptors (Lipinski definition) is 6. The predicted molar refractivity (Wildman–Crippen MR) is 101 cm³/mol. The molecule has 1 aromatic carbocycles. The van der Waals surface area contributed by atoms with Crippen LogP contribution in [0.1, 0.15) is 17.8 Å². The van der Waals surface area contributed by atoms with E-state index in [4.69, 9.17) is 5.73 Å². The Morgan fingerprint density at radius 1 is 1.23 bits per heavy atom. The highest BCUT2D eigenvalue weighted by atomic mass is 32.1. The van der Waals surface area contributed by atoms with Gasteiger partial charge in [0.2, 0.25) is 5.91 Å². The topological polar surface area (TPSA) is 118 Å². The maximum atomic E-state index is 11.5. The third-order valence-corrected chi connectivity index (χ3v) is 4.79. The number of thiophene rings is 1. The van der Waals surface area contributed by atoms with Crippen LogP contribution in [0.15, 0.2) is 29.6 Å². The van der Waals surface area contributed by atoms with E-state index in [-0.39, 0.29) is 6.42 Å². The molecule has 1 amide bonds. The highest BCUT2D eigenvalue weighted by molar-refractivity contribution is 7.17. The van der Waals surface area contributed by atoms with E-state index < -0.39 is 17.9 Å². The Bertz CT molecular complexity index is 982. The number of nitrogens with two attached hydrogens (primary N) is 1. The summed E-state index contributed by atoms with van der Waals surface area (Å²) in [6.45, 7) is 3.75. The molecule has 1 atom stereocenters. The first-order valence-electron chi connectivity index (χ1n) is 7.95. The highest BCUT2D eigenvalue weighted by Gasteiger charge is 2.23. The van der Waals surface area contributed by atoms with Gasteiger partial charge < -0.3 is 16.2 Å². The van der Waals surface area contributed by atoms with E-state index in [1.807, 2.05) is 36.6 Å². The number of aryl methyl sites for hydroxylation is 2. The maximum Gasteiger partial charge on any atom is 0.326 e. The minimum atomic E-state index is -1.17. The average Bonchev–Trinajstić information content (AvgIpc) is 2.98. The number of nitrogens with one attached hydrogen (secondary N) is 1. The van der Waals surface area contributed by atoms with Gasteiger partial charge in [-0.25, -0.2) is 14.8 Å². The van der Waals surface area contributed by atoms with Gasteiger partial charge in [-0.05, 0) is 19.4 Å². The third-order valence-electron chi connectivity index (χ3n) is 3.92. The molecule has 2 aromatic heterocycles. The summed E-state index contributed by atoms with van der Waals surface area (Å²) in [6.07, 6.45) is -0.329. The SMILES string of the molecule is Cc1ccc(-c2csc3nc(C)nc(NC(CC(N)=O)C(=O)O)c23)cc1. The van der Waals surface area contributed by atoms with Gasteiger partial charge >= 0.3 is 5.97 Å². The summed E-state index contributed by atoms with van der Waals surface area (Å²) < 4.78 is 0. The van der Waals surface area contributed by atoms with Gasteiger partial charge in [0.05, 0.1) is 11.8 Å². The number of aliphatic carboxylic acids is 1. The second-order valence-electron chi connectivity index (χ2n) is 6.02. The van der Waals surface area contributed by atoms with Crippen molar-refractivity contribution in [1.29, 1.82) is 0 Å². The zero-order chi connectivity index (χ0) is 18.8. The Hall–Kier alpha value is -3.00. The first-order chi connectivity index (χ1) is 12.3. The molecular weight excluding hydrogens is 352 g/mol. The van der Waals surface area contributed by atoms with Crippen LogP contribution in [0.4, 0.5) is 5.82 Å². The number of fused-ring (bicyclic) bond motifs is 1. The molecule has 0 aliphatic carbocycles. The number of nitrogens with zero attached hydrogens (tertiary/aromatic N) is 2. The number of carboxylic acid groups (broad SMARTS) is 1. The summed E-state index contributed by atoms with van der Waals surface area (Å²) in [5.74, 6) is -0.963. The van der Waals surface area contributed by atoms with Gasteiger partial charge in [-0.1, -0.05) is 29.8 Å². The molecular formula is C18H18N4O3S. The van der Waals surface area contributed by atoms with Gasteiger partial charge in [0.15, 0.2) is 0 Å². The fourth-order valence-corrected chi connectivity index (χ4v) is 3.66. The van der Waals surface area contributed by atoms with Crippen molar-refractivity contribution in [2.75, 3.05) is 5.32 Å². The molecule has 7 nitrogen and oxygen atoms in total. The van der Waals surface area contributed by atoms with Crippen LogP contribution in [0.5, 0.6) is 0 Å². The van der Waals surface area contributed by atoms with Crippen molar-refractivity contribution in [3.63, 3.8) is 0 Å². The zero-order valence-corrected chi connectivity index (χ0v) is 15.1. The normalized spacial score (nSPS) is 12.1. The number of aromatic nitrogens is 2. The number of carbonyl (C=O) groups is 2. The molecule has 0 aliphatic heterocycles. The quantitative estimate of drug-likeness (QED) is 0.614. The summed E-state index contributed by atoms with van der Waals surface area (Å²) in [5, 5.41) is 14.9. The molecule has 0 bridgehead atoms. The van der Waals surface area contributed by atoms with E-state index in [2.05, 4.69) is 15.3 Å². The van der Waals surface area contributed by atoms with Gasteiger partial charge in [0, 0.05) is 10.9 Å². The van der Waals surface area contributed by atoms with E-state index >= 15 is 0 Å². The molecule has 1 unspecified atom stereocenters. The van der Waals surface area contributed by atoms with Crippen molar-refractivity contribution < 1.29 is 14.7 Å². The molecule has 2 heterocycles. The molecule has 0 aliphatic rings. The lowest BCUT2D eigenvalue weighted by molar-refractivity contribution is -0.139. The van der Waals surface area contributed by atoms with E-state index in [9.17, 15) is 14.7 Å². The largest absolute Gasteiger partial charge is 0.480 e. The van der Waals surface area contributed by atoms with Crippen LogP contribution in [-0.2, 0) is 9.59 Å².